The smallest absolute Gasteiger partial charge is 0.179 e. The number of anilines is 1. The summed E-state index contributed by atoms with van der Waals surface area (Å²) in [6, 6.07) is 6.52. The van der Waals surface area contributed by atoms with E-state index in [0.717, 1.165) is 18.4 Å². The number of benzene rings is 1. The molecule has 1 aromatic heterocycles. The van der Waals surface area contributed by atoms with E-state index in [9.17, 15) is 4.39 Å². The van der Waals surface area contributed by atoms with Crippen molar-refractivity contribution in [2.24, 2.45) is 5.16 Å². The van der Waals surface area contributed by atoms with Crippen LogP contribution in [-0.4, -0.2) is 21.4 Å². The Kier molecular flexibility index (Phi) is 5.33. The van der Waals surface area contributed by atoms with Crippen LogP contribution in [0.25, 0.3) is 0 Å². The molecule has 4 rings (SSSR count). The number of nitrogen functional groups attached to an aromatic ring is 1. The molecular weight excluding hydrogens is 371 g/mol. The molecule has 0 saturated heterocycles. The maximum Gasteiger partial charge on any atom is 0.179 e. The quantitative estimate of drug-likeness (QED) is 0.626. The molecule has 0 unspecified atom stereocenters. The van der Waals surface area contributed by atoms with Gasteiger partial charge in [-0.3, -0.25) is 5.41 Å². The van der Waals surface area contributed by atoms with Crippen LogP contribution in [0.1, 0.15) is 42.1 Å². The highest BCUT2D eigenvalue weighted by Crippen LogP contribution is 2.41. The third-order valence-corrected chi connectivity index (χ3v) is 4.76. The number of oxime groups is 1. The Hall–Kier alpha value is -3.55. The maximum atomic E-state index is 14.0. The van der Waals surface area contributed by atoms with Gasteiger partial charge in [-0.05, 0) is 37.0 Å². The van der Waals surface area contributed by atoms with E-state index in [2.05, 4.69) is 20.4 Å². The van der Waals surface area contributed by atoms with Crippen molar-refractivity contribution < 1.29 is 9.23 Å². The van der Waals surface area contributed by atoms with Crippen LogP contribution in [-0.2, 0) is 11.4 Å². The Morgan fingerprint density at radius 1 is 1.34 bits per heavy atom. The monoisotopic (exact) mass is 392 g/mol. The van der Waals surface area contributed by atoms with E-state index in [0.29, 0.717) is 35.1 Å². The second-order valence-corrected chi connectivity index (χ2v) is 6.94. The highest BCUT2D eigenvalue weighted by molar-refractivity contribution is 6.11. The fraction of sp³-hybridized carbons (Fsp3) is 0.238. The molecule has 0 atom stereocenters. The Labute approximate surface area is 167 Å². The number of hydrogen-bond donors (Lipinski definition) is 3. The van der Waals surface area contributed by atoms with Crippen LogP contribution in [0, 0.1) is 11.2 Å². The molecule has 4 N–H and O–H groups in total. The van der Waals surface area contributed by atoms with E-state index in [4.69, 9.17) is 16.0 Å². The van der Waals surface area contributed by atoms with Crippen LogP contribution >= 0.6 is 0 Å². The Morgan fingerprint density at radius 3 is 2.86 bits per heavy atom. The largest absolute Gasteiger partial charge is 0.383 e. The van der Waals surface area contributed by atoms with E-state index < -0.39 is 0 Å². The molecule has 0 spiro atoms. The van der Waals surface area contributed by atoms with Gasteiger partial charge in [0.15, 0.2) is 5.82 Å². The van der Waals surface area contributed by atoms with Crippen molar-refractivity contribution in [2.45, 2.75) is 31.7 Å². The van der Waals surface area contributed by atoms with Crippen molar-refractivity contribution in [3.63, 3.8) is 0 Å². The molecule has 2 aromatic rings. The zero-order valence-electron chi connectivity index (χ0n) is 15.7. The number of nitrogens with one attached hydrogen (secondary N) is 2. The van der Waals surface area contributed by atoms with Crippen LogP contribution in [0.2, 0.25) is 0 Å². The Bertz CT molecular complexity index is 1030. The molecule has 1 aliphatic carbocycles. The molecule has 0 bridgehead atoms. The standard InChI is InChI=1S/C21H21FN6O/c22-16-5-2-1-4-14(16)11-25-19(18-6-3-9-29-28-18)10-17(23)21-26-12-15(13-7-8-13)20(24)27-21/h1-5,9-10,12-13,23,25H,6-8,11H2,(H2,24,26,27)/b19-10-,23-17?. The van der Waals surface area contributed by atoms with Crippen molar-refractivity contribution in [1.29, 1.82) is 5.41 Å². The summed E-state index contributed by atoms with van der Waals surface area (Å²) >= 11 is 0. The highest BCUT2D eigenvalue weighted by atomic mass is 19.1. The second-order valence-electron chi connectivity index (χ2n) is 6.94. The zero-order valence-corrected chi connectivity index (χ0v) is 15.7. The van der Waals surface area contributed by atoms with E-state index in [-0.39, 0.29) is 23.9 Å². The lowest BCUT2D eigenvalue weighted by Gasteiger charge is -2.15. The molecule has 1 fully saturated rings. The molecular formula is C21H21FN6O. The van der Waals surface area contributed by atoms with E-state index in [1.54, 1.807) is 30.5 Å². The van der Waals surface area contributed by atoms with Crippen LogP contribution < -0.4 is 11.1 Å². The van der Waals surface area contributed by atoms with E-state index in [1.807, 2.05) is 6.08 Å². The number of nitrogens with two attached hydrogens (primary N) is 1. The molecule has 0 radical (unpaired) electrons. The van der Waals surface area contributed by atoms with Crippen LogP contribution in [0.15, 0.2) is 59.7 Å². The number of aromatic nitrogens is 2. The van der Waals surface area contributed by atoms with Crippen molar-refractivity contribution in [1.82, 2.24) is 15.3 Å². The Balaban J connectivity index is 1.57. The van der Waals surface area contributed by atoms with Gasteiger partial charge in [0, 0.05) is 30.3 Å². The van der Waals surface area contributed by atoms with Gasteiger partial charge >= 0.3 is 0 Å². The number of nitrogens with zero attached hydrogens (tertiary/aromatic N) is 3. The van der Waals surface area contributed by atoms with Crippen LogP contribution in [0.5, 0.6) is 0 Å². The second kappa shape index (κ2) is 8.22. The topological polar surface area (TPSA) is 109 Å². The number of rotatable bonds is 7. The van der Waals surface area contributed by atoms with Gasteiger partial charge in [0.05, 0.1) is 5.70 Å². The minimum atomic E-state index is -0.303. The first kappa shape index (κ1) is 18.8. The van der Waals surface area contributed by atoms with Gasteiger partial charge in [0.25, 0.3) is 0 Å². The summed E-state index contributed by atoms with van der Waals surface area (Å²) in [5.41, 5.74) is 8.70. The highest BCUT2D eigenvalue weighted by Gasteiger charge is 2.27. The predicted octanol–water partition coefficient (Wildman–Crippen LogP) is 3.41. The molecule has 148 valence electrons. The normalized spacial score (nSPS) is 16.2. The van der Waals surface area contributed by atoms with E-state index >= 15 is 0 Å². The lowest BCUT2D eigenvalue weighted by atomic mass is 10.1. The average molecular weight is 392 g/mol. The SMILES string of the molecule is N=C(/C=C(\NCc1ccccc1F)C1=NOC=CC1)c1ncc(C2CC2)c(N)n1. The van der Waals surface area contributed by atoms with Gasteiger partial charge in [0.1, 0.15) is 29.3 Å². The average Bonchev–Trinajstić information content (AvgIpc) is 3.57. The van der Waals surface area contributed by atoms with Crippen molar-refractivity contribution in [3.05, 3.63) is 77.3 Å². The van der Waals surface area contributed by atoms with Gasteiger partial charge in [-0.2, -0.15) is 0 Å². The van der Waals surface area contributed by atoms with Gasteiger partial charge in [-0.1, -0.05) is 23.4 Å². The summed E-state index contributed by atoms with van der Waals surface area (Å²) in [5, 5.41) is 15.6. The van der Waals surface area contributed by atoms with Gasteiger partial charge < -0.3 is 15.9 Å². The fourth-order valence-corrected chi connectivity index (χ4v) is 3.01. The molecule has 0 amide bonds. The Morgan fingerprint density at radius 2 is 2.17 bits per heavy atom. The predicted molar refractivity (Wildman–Crippen MR) is 109 cm³/mol. The molecule has 1 aromatic carbocycles. The molecule has 2 heterocycles. The maximum absolute atomic E-state index is 14.0. The molecule has 7 nitrogen and oxygen atoms in total. The first-order valence-corrected chi connectivity index (χ1v) is 9.40. The van der Waals surface area contributed by atoms with Gasteiger partial charge in [-0.25, -0.2) is 14.4 Å². The summed E-state index contributed by atoms with van der Waals surface area (Å²) in [7, 11) is 0. The minimum absolute atomic E-state index is 0.0762. The minimum Gasteiger partial charge on any atom is -0.383 e. The lowest BCUT2D eigenvalue weighted by molar-refractivity contribution is 0.262. The third-order valence-electron chi connectivity index (χ3n) is 4.76. The van der Waals surface area contributed by atoms with Gasteiger partial charge in [0.2, 0.25) is 0 Å². The summed E-state index contributed by atoms with van der Waals surface area (Å²) < 4.78 is 14.0. The molecule has 8 heteroatoms. The molecule has 1 saturated carbocycles. The first-order valence-electron chi connectivity index (χ1n) is 9.40. The van der Waals surface area contributed by atoms with Crippen molar-refractivity contribution in [2.75, 3.05) is 5.73 Å². The molecule has 2 aliphatic rings. The van der Waals surface area contributed by atoms with Crippen molar-refractivity contribution >= 4 is 17.2 Å². The van der Waals surface area contributed by atoms with Gasteiger partial charge in [-0.15, -0.1) is 0 Å². The van der Waals surface area contributed by atoms with Crippen molar-refractivity contribution in [3.8, 4) is 0 Å². The number of allylic oxidation sites excluding steroid dienone is 3. The van der Waals surface area contributed by atoms with E-state index in [1.165, 1.54) is 12.3 Å². The summed E-state index contributed by atoms with van der Waals surface area (Å²) in [6.45, 7) is 0.234. The van der Waals surface area contributed by atoms with Crippen LogP contribution in [0.4, 0.5) is 10.2 Å². The lowest BCUT2D eigenvalue weighted by Crippen LogP contribution is -2.23. The number of hydrogen-bond acceptors (Lipinski definition) is 7. The summed E-state index contributed by atoms with van der Waals surface area (Å²) in [5.74, 6) is 0.776. The molecule has 29 heavy (non-hydrogen) atoms. The summed E-state index contributed by atoms with van der Waals surface area (Å²) in [6.07, 6.45) is 9.28. The number of halogens is 1. The first-order chi connectivity index (χ1) is 14.1. The third kappa shape index (κ3) is 4.48. The fourth-order valence-electron chi connectivity index (χ4n) is 3.01. The zero-order chi connectivity index (χ0) is 20.2. The molecule has 1 aliphatic heterocycles. The summed E-state index contributed by atoms with van der Waals surface area (Å²) in [4.78, 5) is 13.6. The van der Waals surface area contributed by atoms with Crippen LogP contribution in [0.3, 0.4) is 0 Å².